The Kier molecular flexibility index (Phi) is 5.12. The van der Waals surface area contributed by atoms with E-state index in [4.69, 9.17) is 4.74 Å². The first-order valence-corrected chi connectivity index (χ1v) is 5.23. The summed E-state index contributed by atoms with van der Waals surface area (Å²) in [5.74, 6) is 0.723. The zero-order chi connectivity index (χ0) is 11.1. The van der Waals surface area contributed by atoms with Crippen LogP contribution in [0.25, 0.3) is 0 Å². The molecular weight excluding hydrogens is 193 g/mol. The Morgan fingerprint density at radius 3 is 2.47 bits per heavy atom. The second-order valence-corrected chi connectivity index (χ2v) is 3.72. The van der Waals surface area contributed by atoms with E-state index in [2.05, 4.69) is 19.2 Å². The molecule has 0 fully saturated rings. The van der Waals surface area contributed by atoms with Crippen LogP contribution in [0.5, 0.6) is 5.75 Å². The Balaban J connectivity index is 2.41. The van der Waals surface area contributed by atoms with Gasteiger partial charge in [0.1, 0.15) is 19.0 Å². The fourth-order valence-electron chi connectivity index (χ4n) is 1.18. The minimum Gasteiger partial charge on any atom is -0.491 e. The largest absolute Gasteiger partial charge is 0.491 e. The predicted octanol–water partition coefficient (Wildman–Crippen LogP) is 2.53. The molecule has 0 bridgehead atoms. The van der Waals surface area contributed by atoms with Gasteiger partial charge in [-0.3, -0.25) is 0 Å². The van der Waals surface area contributed by atoms with E-state index in [0.717, 1.165) is 12.3 Å². The Morgan fingerprint density at radius 1 is 1.27 bits per heavy atom. The van der Waals surface area contributed by atoms with E-state index >= 15 is 0 Å². The van der Waals surface area contributed by atoms with Crippen molar-refractivity contribution in [3.63, 3.8) is 0 Å². The van der Waals surface area contributed by atoms with Crippen molar-refractivity contribution in [2.75, 3.05) is 13.3 Å². The number of hydrogen-bond donors (Lipinski definition) is 1. The van der Waals surface area contributed by atoms with Crippen LogP contribution in [0.3, 0.4) is 0 Å². The Labute approximate surface area is 90.4 Å². The molecule has 0 atom stereocenters. The van der Waals surface area contributed by atoms with Gasteiger partial charge in [0.2, 0.25) is 0 Å². The third-order valence-corrected chi connectivity index (χ3v) is 1.98. The lowest BCUT2D eigenvalue weighted by atomic mass is 10.2. The molecule has 0 unspecified atom stereocenters. The van der Waals surface area contributed by atoms with Gasteiger partial charge in [-0.15, -0.1) is 0 Å². The Morgan fingerprint density at radius 2 is 1.93 bits per heavy atom. The van der Waals surface area contributed by atoms with Crippen molar-refractivity contribution in [2.24, 2.45) is 0 Å². The van der Waals surface area contributed by atoms with E-state index in [-0.39, 0.29) is 6.61 Å². The van der Waals surface area contributed by atoms with Gasteiger partial charge in [-0.05, 0) is 17.7 Å². The lowest BCUT2D eigenvalue weighted by Gasteiger charge is -2.09. The van der Waals surface area contributed by atoms with Crippen LogP contribution in [0, 0.1) is 0 Å². The van der Waals surface area contributed by atoms with Gasteiger partial charge < -0.3 is 10.1 Å². The average Bonchev–Trinajstić information content (AvgIpc) is 2.25. The van der Waals surface area contributed by atoms with Crippen LogP contribution in [0.15, 0.2) is 24.3 Å². The van der Waals surface area contributed by atoms with Crippen molar-refractivity contribution in [3.05, 3.63) is 29.8 Å². The van der Waals surface area contributed by atoms with Gasteiger partial charge in [-0.2, -0.15) is 0 Å². The van der Waals surface area contributed by atoms with Gasteiger partial charge in [0.05, 0.1) is 0 Å². The SMILES string of the molecule is CC(C)NCc1ccc(OCCF)cc1. The standard InChI is InChI=1S/C12H18FNO/c1-10(2)14-9-11-3-5-12(6-4-11)15-8-7-13/h3-6,10,14H,7-9H2,1-2H3. The molecule has 3 heteroatoms. The summed E-state index contributed by atoms with van der Waals surface area (Å²) in [6.45, 7) is 4.75. The molecular formula is C12H18FNO. The number of nitrogens with one attached hydrogen (secondary N) is 1. The molecule has 0 aliphatic carbocycles. The van der Waals surface area contributed by atoms with E-state index < -0.39 is 6.67 Å². The average molecular weight is 211 g/mol. The molecule has 1 aromatic carbocycles. The minimum absolute atomic E-state index is 0.129. The molecule has 0 radical (unpaired) electrons. The van der Waals surface area contributed by atoms with Crippen LogP contribution in [0.4, 0.5) is 4.39 Å². The number of hydrogen-bond acceptors (Lipinski definition) is 2. The van der Waals surface area contributed by atoms with E-state index in [1.165, 1.54) is 5.56 Å². The maximum atomic E-state index is 11.8. The van der Waals surface area contributed by atoms with Crippen molar-refractivity contribution in [3.8, 4) is 5.75 Å². The summed E-state index contributed by atoms with van der Waals surface area (Å²) >= 11 is 0. The molecule has 0 aromatic heterocycles. The van der Waals surface area contributed by atoms with Gasteiger partial charge in [0.25, 0.3) is 0 Å². The lowest BCUT2D eigenvalue weighted by molar-refractivity contribution is 0.273. The molecule has 1 N–H and O–H groups in total. The summed E-state index contributed by atoms with van der Waals surface area (Å²) in [5, 5.41) is 3.32. The highest BCUT2D eigenvalue weighted by Crippen LogP contribution is 2.12. The van der Waals surface area contributed by atoms with Crippen LogP contribution in [-0.4, -0.2) is 19.3 Å². The molecule has 1 aromatic rings. The molecule has 84 valence electrons. The molecule has 0 saturated carbocycles. The van der Waals surface area contributed by atoms with E-state index in [1.807, 2.05) is 24.3 Å². The molecule has 0 saturated heterocycles. The molecule has 0 aliphatic rings. The Hall–Kier alpha value is -1.09. The normalized spacial score (nSPS) is 10.7. The maximum Gasteiger partial charge on any atom is 0.123 e. The quantitative estimate of drug-likeness (QED) is 0.780. The van der Waals surface area contributed by atoms with E-state index in [9.17, 15) is 4.39 Å². The fourth-order valence-corrected chi connectivity index (χ4v) is 1.18. The van der Waals surface area contributed by atoms with Crippen molar-refractivity contribution >= 4 is 0 Å². The summed E-state index contributed by atoms with van der Waals surface area (Å²) in [6.07, 6.45) is 0. The topological polar surface area (TPSA) is 21.3 Å². The maximum absolute atomic E-state index is 11.8. The van der Waals surface area contributed by atoms with Crippen molar-refractivity contribution in [2.45, 2.75) is 26.4 Å². The third kappa shape index (κ3) is 4.79. The molecule has 15 heavy (non-hydrogen) atoms. The number of alkyl halides is 1. The first kappa shape index (κ1) is 12.0. The summed E-state index contributed by atoms with van der Waals surface area (Å²) in [5.41, 5.74) is 1.20. The summed E-state index contributed by atoms with van der Waals surface area (Å²) in [7, 11) is 0. The van der Waals surface area contributed by atoms with E-state index in [0.29, 0.717) is 6.04 Å². The second-order valence-electron chi connectivity index (χ2n) is 3.72. The van der Waals surface area contributed by atoms with Crippen molar-refractivity contribution in [1.82, 2.24) is 5.32 Å². The molecule has 1 rings (SSSR count). The molecule has 0 aliphatic heterocycles. The van der Waals surface area contributed by atoms with Crippen LogP contribution in [0.1, 0.15) is 19.4 Å². The number of ether oxygens (including phenoxy) is 1. The lowest BCUT2D eigenvalue weighted by Crippen LogP contribution is -2.21. The molecule has 0 amide bonds. The zero-order valence-corrected chi connectivity index (χ0v) is 9.29. The second kappa shape index (κ2) is 6.40. The van der Waals surface area contributed by atoms with Crippen molar-refractivity contribution in [1.29, 1.82) is 0 Å². The van der Waals surface area contributed by atoms with Crippen LogP contribution in [0.2, 0.25) is 0 Å². The summed E-state index contributed by atoms with van der Waals surface area (Å²) < 4.78 is 17.0. The number of halogens is 1. The number of rotatable bonds is 6. The van der Waals surface area contributed by atoms with Gasteiger partial charge in [-0.25, -0.2) is 4.39 Å². The summed E-state index contributed by atoms with van der Waals surface area (Å²) in [4.78, 5) is 0. The van der Waals surface area contributed by atoms with Crippen LogP contribution < -0.4 is 10.1 Å². The van der Waals surface area contributed by atoms with Gasteiger partial charge in [-0.1, -0.05) is 26.0 Å². The monoisotopic (exact) mass is 211 g/mol. The zero-order valence-electron chi connectivity index (χ0n) is 9.29. The highest BCUT2D eigenvalue weighted by atomic mass is 19.1. The highest BCUT2D eigenvalue weighted by molar-refractivity contribution is 5.27. The molecule has 0 spiro atoms. The fraction of sp³-hybridized carbons (Fsp3) is 0.500. The van der Waals surface area contributed by atoms with Gasteiger partial charge >= 0.3 is 0 Å². The third-order valence-electron chi connectivity index (χ3n) is 1.98. The van der Waals surface area contributed by atoms with Gasteiger partial charge in [0.15, 0.2) is 0 Å². The van der Waals surface area contributed by atoms with E-state index in [1.54, 1.807) is 0 Å². The predicted molar refractivity (Wildman–Crippen MR) is 59.9 cm³/mol. The summed E-state index contributed by atoms with van der Waals surface area (Å²) in [6, 6.07) is 8.19. The van der Waals surface area contributed by atoms with Crippen molar-refractivity contribution < 1.29 is 9.13 Å². The van der Waals surface area contributed by atoms with Crippen LogP contribution >= 0.6 is 0 Å². The first-order chi connectivity index (χ1) is 7.22. The minimum atomic E-state index is -0.448. The molecule has 0 heterocycles. The Bertz CT molecular complexity index is 271. The van der Waals surface area contributed by atoms with Gasteiger partial charge in [0, 0.05) is 12.6 Å². The highest BCUT2D eigenvalue weighted by Gasteiger charge is 1.96. The number of benzene rings is 1. The smallest absolute Gasteiger partial charge is 0.123 e. The first-order valence-electron chi connectivity index (χ1n) is 5.23. The molecule has 2 nitrogen and oxygen atoms in total. The van der Waals surface area contributed by atoms with Crippen LogP contribution in [-0.2, 0) is 6.54 Å².